The van der Waals surface area contributed by atoms with Crippen molar-refractivity contribution in [3.05, 3.63) is 72.3 Å². The number of nitrogen functional groups attached to an aromatic ring is 1. The van der Waals surface area contributed by atoms with Crippen LogP contribution in [0.25, 0.3) is 11.3 Å². The van der Waals surface area contributed by atoms with Crippen molar-refractivity contribution in [3.63, 3.8) is 0 Å². The van der Waals surface area contributed by atoms with Crippen LogP contribution >= 0.6 is 0 Å². The van der Waals surface area contributed by atoms with Crippen molar-refractivity contribution in [2.75, 3.05) is 5.43 Å². The first-order valence-corrected chi connectivity index (χ1v) is 6.64. The normalized spacial score (nSPS) is 10.3. The van der Waals surface area contributed by atoms with E-state index in [1.54, 1.807) is 6.20 Å². The Bertz CT molecular complexity index is 713. The van der Waals surface area contributed by atoms with E-state index >= 15 is 0 Å². The fourth-order valence-electron chi connectivity index (χ4n) is 2.09. The van der Waals surface area contributed by atoms with Gasteiger partial charge in [0.25, 0.3) is 0 Å². The number of pyridine rings is 1. The van der Waals surface area contributed by atoms with Crippen LogP contribution in [0, 0.1) is 0 Å². The molecular weight excluding hydrogens is 262 g/mol. The molecule has 0 bridgehead atoms. The first-order chi connectivity index (χ1) is 10.3. The van der Waals surface area contributed by atoms with Crippen LogP contribution in [0.3, 0.4) is 0 Å². The van der Waals surface area contributed by atoms with Crippen LogP contribution in [-0.2, 0) is 6.42 Å². The fraction of sp³-hybridized carbons (Fsp3) is 0.0625. The number of aromatic nitrogens is 3. The molecule has 0 saturated heterocycles. The summed E-state index contributed by atoms with van der Waals surface area (Å²) in [6.07, 6.45) is 4.18. The Morgan fingerprint density at radius 2 is 1.86 bits per heavy atom. The average molecular weight is 277 g/mol. The number of hydrogen-bond acceptors (Lipinski definition) is 5. The van der Waals surface area contributed by atoms with E-state index < -0.39 is 0 Å². The van der Waals surface area contributed by atoms with Crippen LogP contribution < -0.4 is 11.3 Å². The molecule has 3 rings (SSSR count). The zero-order valence-electron chi connectivity index (χ0n) is 11.4. The Morgan fingerprint density at radius 1 is 1.00 bits per heavy atom. The molecule has 3 N–H and O–H groups in total. The van der Waals surface area contributed by atoms with Gasteiger partial charge >= 0.3 is 0 Å². The molecule has 1 aromatic carbocycles. The van der Waals surface area contributed by atoms with Gasteiger partial charge in [0.15, 0.2) is 0 Å². The van der Waals surface area contributed by atoms with Gasteiger partial charge in [0.2, 0.25) is 0 Å². The second-order valence-corrected chi connectivity index (χ2v) is 4.60. The number of nitrogens with one attached hydrogen (secondary N) is 1. The first kappa shape index (κ1) is 13.2. The number of hydrogen-bond donors (Lipinski definition) is 2. The quantitative estimate of drug-likeness (QED) is 0.565. The molecule has 0 unspecified atom stereocenters. The van der Waals surface area contributed by atoms with E-state index in [-0.39, 0.29) is 0 Å². The van der Waals surface area contributed by atoms with Gasteiger partial charge in [0, 0.05) is 30.4 Å². The number of nitrogens with zero attached hydrogens (tertiary/aromatic N) is 3. The number of anilines is 1. The molecule has 5 nitrogen and oxygen atoms in total. The van der Waals surface area contributed by atoms with Crippen LogP contribution in [0.15, 0.2) is 60.9 Å². The molecule has 0 radical (unpaired) electrons. The molecule has 2 aromatic heterocycles. The van der Waals surface area contributed by atoms with E-state index in [0.717, 1.165) is 16.8 Å². The van der Waals surface area contributed by atoms with Gasteiger partial charge in [0.05, 0.1) is 5.69 Å². The molecule has 0 atom stereocenters. The Kier molecular flexibility index (Phi) is 3.84. The summed E-state index contributed by atoms with van der Waals surface area (Å²) in [5.74, 6) is 6.81. The lowest BCUT2D eigenvalue weighted by Gasteiger charge is -2.08. The lowest BCUT2D eigenvalue weighted by molar-refractivity contribution is 0.962. The number of benzene rings is 1. The molecule has 0 aliphatic heterocycles. The van der Waals surface area contributed by atoms with E-state index in [0.29, 0.717) is 18.1 Å². The molecule has 0 aliphatic carbocycles. The van der Waals surface area contributed by atoms with Gasteiger partial charge in [-0.1, -0.05) is 36.4 Å². The van der Waals surface area contributed by atoms with Crippen molar-refractivity contribution in [1.82, 2.24) is 15.0 Å². The minimum absolute atomic E-state index is 0.600. The fourth-order valence-corrected chi connectivity index (χ4v) is 2.09. The van der Waals surface area contributed by atoms with Gasteiger partial charge in [-0.15, -0.1) is 0 Å². The van der Waals surface area contributed by atoms with Crippen LogP contribution in [-0.4, -0.2) is 15.0 Å². The number of rotatable bonds is 4. The summed E-state index contributed by atoms with van der Waals surface area (Å²) in [7, 11) is 0. The summed E-state index contributed by atoms with van der Waals surface area (Å²) in [6.45, 7) is 0. The summed E-state index contributed by atoms with van der Waals surface area (Å²) in [4.78, 5) is 13.1. The highest BCUT2D eigenvalue weighted by atomic mass is 15.3. The topological polar surface area (TPSA) is 76.7 Å². The zero-order valence-corrected chi connectivity index (χ0v) is 11.4. The highest BCUT2D eigenvalue weighted by Crippen LogP contribution is 2.20. The molecule has 5 heteroatoms. The van der Waals surface area contributed by atoms with Gasteiger partial charge in [-0.2, -0.15) is 0 Å². The minimum atomic E-state index is 0.600. The van der Waals surface area contributed by atoms with Crippen molar-refractivity contribution >= 4 is 5.82 Å². The molecule has 3 aromatic rings. The maximum atomic E-state index is 5.51. The van der Waals surface area contributed by atoms with Crippen molar-refractivity contribution in [2.24, 2.45) is 5.84 Å². The Morgan fingerprint density at radius 3 is 2.57 bits per heavy atom. The highest BCUT2D eigenvalue weighted by molar-refractivity contribution is 5.62. The Balaban J connectivity index is 1.98. The SMILES string of the molecule is NNc1cc(-c2ccccc2)nc(Cc2cccnc2)n1. The molecule has 0 spiro atoms. The standard InChI is InChI=1S/C16H15N5/c17-21-16-10-14(13-6-2-1-3-7-13)19-15(20-16)9-12-5-4-8-18-11-12/h1-8,10-11H,9,17H2,(H,19,20,21). The lowest BCUT2D eigenvalue weighted by atomic mass is 10.1. The van der Waals surface area contributed by atoms with Crippen molar-refractivity contribution < 1.29 is 0 Å². The van der Waals surface area contributed by atoms with Crippen molar-refractivity contribution in [1.29, 1.82) is 0 Å². The second kappa shape index (κ2) is 6.11. The second-order valence-electron chi connectivity index (χ2n) is 4.60. The molecule has 0 aliphatic rings. The van der Waals surface area contributed by atoms with E-state index in [1.807, 2.05) is 54.7 Å². The predicted octanol–water partition coefficient (Wildman–Crippen LogP) is 2.42. The molecule has 21 heavy (non-hydrogen) atoms. The molecular formula is C16H15N5. The van der Waals surface area contributed by atoms with E-state index in [1.165, 1.54) is 0 Å². The summed E-state index contributed by atoms with van der Waals surface area (Å²) in [5.41, 5.74) is 5.53. The number of nitrogens with two attached hydrogens (primary N) is 1. The van der Waals surface area contributed by atoms with Gasteiger partial charge in [-0.05, 0) is 11.6 Å². The monoisotopic (exact) mass is 277 g/mol. The smallest absolute Gasteiger partial charge is 0.144 e. The van der Waals surface area contributed by atoms with Gasteiger partial charge in [0.1, 0.15) is 11.6 Å². The maximum Gasteiger partial charge on any atom is 0.144 e. The van der Waals surface area contributed by atoms with Crippen LogP contribution in [0.1, 0.15) is 11.4 Å². The molecule has 104 valence electrons. The molecule has 0 amide bonds. The molecule has 0 fully saturated rings. The van der Waals surface area contributed by atoms with E-state index in [9.17, 15) is 0 Å². The predicted molar refractivity (Wildman–Crippen MR) is 82.3 cm³/mol. The summed E-state index contributed by atoms with van der Waals surface area (Å²) >= 11 is 0. The lowest BCUT2D eigenvalue weighted by Crippen LogP contribution is -2.11. The van der Waals surface area contributed by atoms with E-state index in [2.05, 4.69) is 20.4 Å². The van der Waals surface area contributed by atoms with Crippen LogP contribution in [0.5, 0.6) is 0 Å². The third kappa shape index (κ3) is 3.21. The third-order valence-corrected chi connectivity index (χ3v) is 3.07. The zero-order chi connectivity index (χ0) is 14.5. The van der Waals surface area contributed by atoms with Crippen molar-refractivity contribution in [2.45, 2.75) is 6.42 Å². The summed E-state index contributed by atoms with van der Waals surface area (Å²) in [6, 6.07) is 15.7. The van der Waals surface area contributed by atoms with Crippen LogP contribution in [0.2, 0.25) is 0 Å². The molecule has 0 saturated carbocycles. The Labute approximate surface area is 122 Å². The summed E-state index contributed by atoms with van der Waals surface area (Å²) < 4.78 is 0. The van der Waals surface area contributed by atoms with Crippen molar-refractivity contribution in [3.8, 4) is 11.3 Å². The van der Waals surface area contributed by atoms with Gasteiger partial charge in [-0.25, -0.2) is 15.8 Å². The maximum absolute atomic E-state index is 5.51. The van der Waals surface area contributed by atoms with Gasteiger partial charge < -0.3 is 5.43 Å². The van der Waals surface area contributed by atoms with Gasteiger partial charge in [-0.3, -0.25) is 4.98 Å². The minimum Gasteiger partial charge on any atom is -0.308 e. The average Bonchev–Trinajstić information content (AvgIpc) is 2.56. The van der Waals surface area contributed by atoms with Crippen LogP contribution in [0.4, 0.5) is 5.82 Å². The Hall–Kier alpha value is -2.79. The highest BCUT2D eigenvalue weighted by Gasteiger charge is 2.07. The first-order valence-electron chi connectivity index (χ1n) is 6.64. The summed E-state index contributed by atoms with van der Waals surface area (Å²) in [5, 5.41) is 0. The third-order valence-electron chi connectivity index (χ3n) is 3.07. The van der Waals surface area contributed by atoms with E-state index in [4.69, 9.17) is 5.84 Å². The molecule has 2 heterocycles. The largest absolute Gasteiger partial charge is 0.308 e. The number of hydrazine groups is 1.